The molecule has 3 atom stereocenters. The highest BCUT2D eigenvalue weighted by Gasteiger charge is 2.70. The topological polar surface area (TPSA) is 110 Å². The number of hydrogen-bond donors (Lipinski definition) is 2. The van der Waals surface area contributed by atoms with Gasteiger partial charge in [0.25, 0.3) is 10.0 Å². The first-order valence-corrected chi connectivity index (χ1v) is 11.2. The fourth-order valence-electron chi connectivity index (χ4n) is 3.70. The van der Waals surface area contributed by atoms with E-state index in [2.05, 4.69) is 14.4 Å². The van der Waals surface area contributed by atoms with E-state index in [-0.39, 0.29) is 14.8 Å². The van der Waals surface area contributed by atoms with Crippen molar-refractivity contribution in [3.8, 4) is 10.6 Å². The summed E-state index contributed by atoms with van der Waals surface area (Å²) in [4.78, 5) is 12.2. The van der Waals surface area contributed by atoms with Crippen molar-refractivity contribution in [1.82, 2.24) is 9.88 Å². The molecule has 0 aliphatic heterocycles. The number of alkyl halides is 3. The Morgan fingerprint density at radius 2 is 1.90 bits per heavy atom. The number of hydrogen-bond acceptors (Lipinski definition) is 6. The molecular formula is C19H15F3N2O5S2. The van der Waals surface area contributed by atoms with Crippen LogP contribution in [0.2, 0.25) is 0 Å². The number of carboxylic acids is 1. The van der Waals surface area contributed by atoms with Gasteiger partial charge in [0.15, 0.2) is 0 Å². The van der Waals surface area contributed by atoms with Crippen LogP contribution in [0.3, 0.4) is 0 Å². The molecule has 1 aromatic carbocycles. The van der Waals surface area contributed by atoms with Crippen LogP contribution in [0.15, 0.2) is 57.3 Å². The van der Waals surface area contributed by atoms with Gasteiger partial charge < -0.3 is 9.63 Å². The summed E-state index contributed by atoms with van der Waals surface area (Å²) in [7, 11) is -4.28. The van der Waals surface area contributed by atoms with Crippen molar-refractivity contribution >= 4 is 27.3 Å². The summed E-state index contributed by atoms with van der Waals surface area (Å²) in [6, 6.07) is 11.8. The van der Waals surface area contributed by atoms with Crippen LogP contribution in [0.1, 0.15) is 24.2 Å². The highest BCUT2D eigenvalue weighted by Crippen LogP contribution is 2.58. The Balaban J connectivity index is 1.62. The van der Waals surface area contributed by atoms with Gasteiger partial charge in [0, 0.05) is 12.0 Å². The van der Waals surface area contributed by atoms with Crippen molar-refractivity contribution < 1.29 is 36.0 Å². The second kappa shape index (κ2) is 7.18. The van der Waals surface area contributed by atoms with Gasteiger partial charge in [0.1, 0.15) is 15.4 Å². The van der Waals surface area contributed by atoms with Gasteiger partial charge in [-0.1, -0.05) is 42.4 Å². The number of benzene rings is 1. The average Bonchev–Trinajstić information content (AvgIpc) is 3.13. The number of sulfonamides is 1. The highest BCUT2D eigenvalue weighted by atomic mass is 32.2. The molecule has 1 fully saturated rings. The van der Waals surface area contributed by atoms with Crippen molar-refractivity contribution in [1.29, 1.82) is 0 Å². The van der Waals surface area contributed by atoms with Crippen molar-refractivity contribution in [2.24, 2.45) is 5.92 Å². The third-order valence-electron chi connectivity index (χ3n) is 5.30. The molecule has 1 saturated carbocycles. The van der Waals surface area contributed by atoms with Crippen LogP contribution in [-0.4, -0.2) is 30.2 Å². The maximum atomic E-state index is 12.9. The summed E-state index contributed by atoms with van der Waals surface area (Å²) >= 11 is 0.662. The lowest BCUT2D eigenvalue weighted by Gasteiger charge is -2.15. The fraction of sp³-hybridized carbons (Fsp3) is 0.263. The van der Waals surface area contributed by atoms with Crippen LogP contribution in [0.5, 0.6) is 0 Å². The maximum Gasteiger partial charge on any atom is 0.452 e. The standard InChI is InChI=1S/C19H15F3N2O5S2/c1-10-16(11-5-3-2-4-6-11)18(10,17(25)26)24-31(27,28)15-8-7-13(30-15)12-9-14(29-23-12)19(20,21)22/h2-10,16,24H,1H3,(H,25,26)/t10?,16-,18+/m1/s1. The van der Waals surface area contributed by atoms with E-state index in [0.717, 1.165) is 0 Å². The Morgan fingerprint density at radius 3 is 2.48 bits per heavy atom. The van der Waals surface area contributed by atoms with Gasteiger partial charge in [0.2, 0.25) is 5.76 Å². The molecule has 0 radical (unpaired) electrons. The largest absolute Gasteiger partial charge is 0.480 e. The molecule has 0 bridgehead atoms. The number of thiophene rings is 1. The number of carboxylic acid groups (broad SMARTS) is 1. The van der Waals surface area contributed by atoms with E-state index < -0.39 is 45.3 Å². The third kappa shape index (κ3) is 3.64. The average molecular weight is 472 g/mol. The van der Waals surface area contributed by atoms with Gasteiger partial charge in [0.05, 0.1) is 4.88 Å². The molecule has 12 heteroatoms. The Morgan fingerprint density at radius 1 is 1.23 bits per heavy atom. The van der Waals surface area contributed by atoms with E-state index in [4.69, 9.17) is 0 Å². The van der Waals surface area contributed by atoms with Gasteiger partial charge >= 0.3 is 12.1 Å². The lowest BCUT2D eigenvalue weighted by Crippen LogP contribution is -2.45. The fourth-order valence-corrected chi connectivity index (χ4v) is 6.42. The summed E-state index contributed by atoms with van der Waals surface area (Å²) in [5.41, 5.74) is -1.20. The van der Waals surface area contributed by atoms with E-state index in [1.807, 2.05) is 0 Å². The van der Waals surface area contributed by atoms with Crippen LogP contribution in [0.4, 0.5) is 13.2 Å². The number of aromatic nitrogens is 1. The number of nitrogens with zero attached hydrogens (tertiary/aromatic N) is 1. The summed E-state index contributed by atoms with van der Waals surface area (Å²) in [5.74, 6) is -3.68. The molecule has 2 heterocycles. The van der Waals surface area contributed by atoms with Gasteiger partial charge in [-0.15, -0.1) is 11.3 Å². The number of aliphatic carboxylic acids is 1. The molecule has 1 unspecified atom stereocenters. The first-order chi connectivity index (χ1) is 14.5. The minimum Gasteiger partial charge on any atom is -0.480 e. The lowest BCUT2D eigenvalue weighted by atomic mass is 10.1. The molecule has 0 saturated heterocycles. The smallest absolute Gasteiger partial charge is 0.452 e. The van der Waals surface area contributed by atoms with E-state index in [1.165, 1.54) is 12.1 Å². The number of nitrogens with one attached hydrogen (secondary N) is 1. The molecule has 4 rings (SSSR count). The molecule has 3 aromatic rings. The summed E-state index contributed by atoms with van der Waals surface area (Å²) in [6.45, 7) is 1.64. The van der Waals surface area contributed by atoms with Gasteiger partial charge in [-0.2, -0.15) is 17.9 Å². The highest BCUT2D eigenvalue weighted by molar-refractivity contribution is 7.91. The Labute approximate surface area is 178 Å². The second-order valence-electron chi connectivity index (χ2n) is 7.15. The maximum absolute atomic E-state index is 12.9. The summed E-state index contributed by atoms with van der Waals surface area (Å²) < 4.78 is 70.3. The predicted octanol–water partition coefficient (Wildman–Crippen LogP) is 3.96. The first kappa shape index (κ1) is 21.5. The van der Waals surface area contributed by atoms with Crippen molar-refractivity contribution in [3.05, 3.63) is 59.9 Å². The lowest BCUT2D eigenvalue weighted by molar-refractivity contribution is -0.155. The number of halogens is 3. The number of carbonyl (C=O) groups is 1. The molecule has 1 aliphatic rings. The zero-order chi connectivity index (χ0) is 22.6. The summed E-state index contributed by atoms with van der Waals surface area (Å²) in [5, 5.41) is 13.2. The third-order valence-corrected chi connectivity index (χ3v) is 8.39. The van der Waals surface area contributed by atoms with E-state index in [1.54, 1.807) is 37.3 Å². The second-order valence-corrected chi connectivity index (χ2v) is 10.1. The molecule has 0 spiro atoms. The first-order valence-electron chi connectivity index (χ1n) is 8.93. The van der Waals surface area contributed by atoms with Gasteiger partial charge in [-0.3, -0.25) is 4.79 Å². The predicted molar refractivity (Wildman–Crippen MR) is 104 cm³/mol. The van der Waals surface area contributed by atoms with Crippen LogP contribution >= 0.6 is 11.3 Å². The Kier molecular flexibility index (Phi) is 4.98. The van der Waals surface area contributed by atoms with Crippen molar-refractivity contribution in [2.45, 2.75) is 28.8 Å². The molecule has 2 N–H and O–H groups in total. The molecule has 0 amide bonds. The molecule has 1 aliphatic carbocycles. The van der Waals surface area contributed by atoms with Gasteiger partial charge in [-0.25, -0.2) is 8.42 Å². The zero-order valence-corrected chi connectivity index (χ0v) is 17.4. The molecule has 164 valence electrons. The summed E-state index contributed by atoms with van der Waals surface area (Å²) in [6.07, 6.45) is -4.72. The van der Waals surface area contributed by atoms with E-state index in [9.17, 15) is 31.5 Å². The van der Waals surface area contributed by atoms with E-state index in [0.29, 0.717) is 23.0 Å². The van der Waals surface area contributed by atoms with Gasteiger partial charge in [-0.05, 0) is 23.6 Å². The van der Waals surface area contributed by atoms with Crippen LogP contribution < -0.4 is 4.72 Å². The monoisotopic (exact) mass is 472 g/mol. The van der Waals surface area contributed by atoms with Crippen LogP contribution in [0.25, 0.3) is 10.6 Å². The van der Waals surface area contributed by atoms with Crippen LogP contribution in [0, 0.1) is 5.92 Å². The SMILES string of the molecule is CC1[C@H](c2ccccc2)[C@]1(NS(=O)(=O)c1ccc(-c2cc(C(F)(F)F)on2)s1)C(=O)O. The minimum absolute atomic E-state index is 0.132. The minimum atomic E-state index is -4.72. The molecular weight excluding hydrogens is 457 g/mol. The molecule has 2 aromatic heterocycles. The van der Waals surface area contributed by atoms with Crippen LogP contribution in [-0.2, 0) is 21.0 Å². The molecule has 7 nitrogen and oxygen atoms in total. The molecule has 31 heavy (non-hydrogen) atoms. The van der Waals surface area contributed by atoms with Crippen molar-refractivity contribution in [3.63, 3.8) is 0 Å². The Bertz CT molecular complexity index is 1240. The normalized spacial score (nSPS) is 23.6. The quantitative estimate of drug-likeness (QED) is 0.562. The van der Waals surface area contributed by atoms with E-state index >= 15 is 0 Å². The van der Waals surface area contributed by atoms with Crippen molar-refractivity contribution in [2.75, 3.05) is 0 Å². The zero-order valence-electron chi connectivity index (χ0n) is 15.8. The number of rotatable bonds is 6. The Hall–Kier alpha value is -2.70.